The third-order valence-corrected chi connectivity index (χ3v) is 3.17. The molecule has 0 bridgehead atoms. The summed E-state index contributed by atoms with van der Waals surface area (Å²) in [4.78, 5) is 41.2. The van der Waals surface area contributed by atoms with Crippen molar-refractivity contribution in [3.05, 3.63) is 60.7 Å². The largest absolute Gasteiger partial charge is 0.336 e. The van der Waals surface area contributed by atoms with Gasteiger partial charge in [-0.2, -0.15) is 0 Å². The van der Waals surface area contributed by atoms with E-state index in [0.29, 0.717) is 17.9 Å². The van der Waals surface area contributed by atoms with Crippen molar-refractivity contribution in [2.24, 2.45) is 5.92 Å². The van der Waals surface area contributed by atoms with Gasteiger partial charge in [0.15, 0.2) is 0 Å². The van der Waals surface area contributed by atoms with Crippen LogP contribution in [0, 0.1) is 5.92 Å². The highest BCUT2D eigenvalue weighted by atomic mass is 16.7. The lowest BCUT2D eigenvalue weighted by Gasteiger charge is -2.17. The first-order valence-corrected chi connectivity index (χ1v) is 6.51. The second-order valence-corrected chi connectivity index (χ2v) is 4.61. The first-order valence-electron chi connectivity index (χ1n) is 6.51. The third-order valence-electron chi connectivity index (χ3n) is 3.17. The fourth-order valence-corrected chi connectivity index (χ4v) is 2.11. The van der Waals surface area contributed by atoms with Gasteiger partial charge in [-0.1, -0.05) is 29.3 Å². The van der Waals surface area contributed by atoms with Crippen LogP contribution in [-0.2, 0) is 9.63 Å². The maximum absolute atomic E-state index is 12.1. The van der Waals surface area contributed by atoms with Gasteiger partial charge < -0.3 is 4.84 Å². The normalized spacial score (nSPS) is 13.3. The van der Waals surface area contributed by atoms with Crippen LogP contribution in [0.4, 0.5) is 0 Å². The number of hydroxylamine groups is 2. The van der Waals surface area contributed by atoms with E-state index in [4.69, 9.17) is 4.84 Å². The summed E-state index contributed by atoms with van der Waals surface area (Å²) in [6.45, 7) is 7.14. The highest BCUT2D eigenvalue weighted by Gasteiger charge is 2.39. The van der Waals surface area contributed by atoms with Gasteiger partial charge in [0.05, 0.1) is 17.0 Å². The fraction of sp³-hybridized carbons (Fsp3) is 0.188. The van der Waals surface area contributed by atoms with Crippen LogP contribution in [0.25, 0.3) is 0 Å². The van der Waals surface area contributed by atoms with Gasteiger partial charge in [0.25, 0.3) is 11.8 Å². The molecule has 0 N–H and O–H groups in total. The zero-order chi connectivity index (χ0) is 15.4. The van der Waals surface area contributed by atoms with E-state index in [9.17, 15) is 14.4 Å². The number of carbonyl (C=O) groups excluding carboxylic acids is 3. The molecule has 0 saturated heterocycles. The number of carbonyl (C=O) groups is 3. The zero-order valence-electron chi connectivity index (χ0n) is 11.5. The van der Waals surface area contributed by atoms with Crippen LogP contribution in [0.3, 0.4) is 0 Å². The van der Waals surface area contributed by atoms with Crippen molar-refractivity contribution in [3.8, 4) is 0 Å². The summed E-state index contributed by atoms with van der Waals surface area (Å²) in [5.41, 5.74) is 0.471. The maximum atomic E-state index is 12.1. The smallest absolute Gasteiger partial charge is 0.329 e. The van der Waals surface area contributed by atoms with Crippen molar-refractivity contribution >= 4 is 17.8 Å². The Kier molecular flexibility index (Phi) is 4.33. The first kappa shape index (κ1) is 14.7. The molecule has 0 saturated carbocycles. The minimum Gasteiger partial charge on any atom is -0.329 e. The molecule has 0 fully saturated rings. The molecule has 5 heteroatoms. The van der Waals surface area contributed by atoms with E-state index in [1.54, 1.807) is 24.3 Å². The summed E-state index contributed by atoms with van der Waals surface area (Å²) in [6, 6.07) is 6.34. The van der Waals surface area contributed by atoms with Crippen LogP contribution in [0.1, 0.15) is 33.6 Å². The van der Waals surface area contributed by atoms with E-state index >= 15 is 0 Å². The monoisotopic (exact) mass is 285 g/mol. The molecule has 0 unspecified atom stereocenters. The maximum Gasteiger partial charge on any atom is 0.336 e. The minimum absolute atomic E-state index is 0.235. The Bertz CT molecular complexity index is 575. The Labute approximate surface area is 122 Å². The molecule has 1 aliphatic rings. The van der Waals surface area contributed by atoms with Gasteiger partial charge in [-0.25, -0.2) is 4.79 Å². The molecule has 1 aromatic carbocycles. The molecule has 0 radical (unpaired) electrons. The predicted octanol–water partition coefficient (Wildman–Crippen LogP) is 2.51. The fourth-order valence-electron chi connectivity index (χ4n) is 2.11. The first-order chi connectivity index (χ1) is 10.1. The molecular weight excluding hydrogens is 270 g/mol. The number of rotatable bonds is 6. The molecule has 0 aliphatic carbocycles. The van der Waals surface area contributed by atoms with E-state index in [0.717, 1.165) is 0 Å². The van der Waals surface area contributed by atoms with Crippen LogP contribution in [0.2, 0.25) is 0 Å². The number of hydrogen-bond acceptors (Lipinski definition) is 4. The Morgan fingerprint density at radius 2 is 1.57 bits per heavy atom. The van der Waals surface area contributed by atoms with Crippen molar-refractivity contribution in [2.75, 3.05) is 0 Å². The van der Waals surface area contributed by atoms with Crippen molar-refractivity contribution in [1.29, 1.82) is 0 Å². The molecule has 1 aliphatic heterocycles. The quantitative estimate of drug-likeness (QED) is 0.595. The molecule has 0 aromatic heterocycles. The number of nitrogens with zero attached hydrogens (tertiary/aromatic N) is 1. The number of allylic oxidation sites excluding steroid dienone is 2. The molecule has 2 rings (SSSR count). The standard InChI is InChI=1S/C16H15NO4/c1-3-7-11(8-4-2)16(20)21-17-14(18)12-9-5-6-10-13(12)15(17)19/h3-6,9-11H,1-2,7-8H2. The summed E-state index contributed by atoms with van der Waals surface area (Å²) < 4.78 is 0. The topological polar surface area (TPSA) is 63.7 Å². The number of hydrogen-bond donors (Lipinski definition) is 0. The van der Waals surface area contributed by atoms with E-state index in [2.05, 4.69) is 13.2 Å². The number of amides is 2. The van der Waals surface area contributed by atoms with E-state index in [-0.39, 0.29) is 11.1 Å². The van der Waals surface area contributed by atoms with E-state index in [1.165, 1.54) is 12.1 Å². The summed E-state index contributed by atoms with van der Waals surface area (Å²) in [7, 11) is 0. The zero-order valence-corrected chi connectivity index (χ0v) is 11.5. The van der Waals surface area contributed by atoms with Gasteiger partial charge in [0.1, 0.15) is 0 Å². The second-order valence-electron chi connectivity index (χ2n) is 4.61. The predicted molar refractivity (Wildman–Crippen MR) is 76.2 cm³/mol. The van der Waals surface area contributed by atoms with Crippen molar-refractivity contribution < 1.29 is 19.2 Å². The molecule has 108 valence electrons. The molecule has 5 nitrogen and oxygen atoms in total. The van der Waals surface area contributed by atoms with Crippen LogP contribution >= 0.6 is 0 Å². The third kappa shape index (κ3) is 2.76. The summed E-state index contributed by atoms with van der Waals surface area (Å²) >= 11 is 0. The van der Waals surface area contributed by atoms with Crippen LogP contribution in [0.5, 0.6) is 0 Å². The van der Waals surface area contributed by atoms with Gasteiger partial charge >= 0.3 is 5.97 Å². The lowest BCUT2D eigenvalue weighted by molar-refractivity contribution is -0.173. The Morgan fingerprint density at radius 1 is 1.10 bits per heavy atom. The van der Waals surface area contributed by atoms with Crippen molar-refractivity contribution in [1.82, 2.24) is 5.06 Å². The van der Waals surface area contributed by atoms with Crippen molar-refractivity contribution in [3.63, 3.8) is 0 Å². The molecule has 0 atom stereocenters. The van der Waals surface area contributed by atoms with E-state index < -0.39 is 23.7 Å². The van der Waals surface area contributed by atoms with E-state index in [1.807, 2.05) is 0 Å². The average Bonchev–Trinajstić information content (AvgIpc) is 2.72. The molecule has 1 heterocycles. The number of fused-ring (bicyclic) bond motifs is 1. The molecule has 2 amide bonds. The van der Waals surface area contributed by atoms with Crippen LogP contribution in [-0.4, -0.2) is 22.8 Å². The van der Waals surface area contributed by atoms with Crippen LogP contribution < -0.4 is 0 Å². The van der Waals surface area contributed by atoms with Crippen molar-refractivity contribution in [2.45, 2.75) is 12.8 Å². The minimum atomic E-state index is -0.649. The average molecular weight is 285 g/mol. The molecule has 21 heavy (non-hydrogen) atoms. The molecular formula is C16H15NO4. The molecule has 0 spiro atoms. The Hall–Kier alpha value is -2.69. The summed E-state index contributed by atoms with van der Waals surface area (Å²) in [5.74, 6) is -2.41. The van der Waals surface area contributed by atoms with Gasteiger partial charge in [-0.05, 0) is 25.0 Å². The lowest BCUT2D eigenvalue weighted by atomic mass is 10.0. The summed E-state index contributed by atoms with van der Waals surface area (Å²) in [6.07, 6.45) is 3.93. The second kappa shape index (κ2) is 6.17. The van der Waals surface area contributed by atoms with Crippen LogP contribution in [0.15, 0.2) is 49.6 Å². The number of imide groups is 1. The Morgan fingerprint density at radius 3 is 2.00 bits per heavy atom. The number of benzene rings is 1. The highest BCUT2D eigenvalue weighted by molar-refractivity contribution is 6.20. The summed E-state index contributed by atoms with van der Waals surface area (Å²) in [5, 5.41) is 0.520. The highest BCUT2D eigenvalue weighted by Crippen LogP contribution is 2.24. The molecule has 1 aromatic rings. The SMILES string of the molecule is C=CCC(CC=C)C(=O)ON1C(=O)c2ccccc2C1=O. The van der Waals surface area contributed by atoms with Gasteiger partial charge in [-0.3, -0.25) is 9.59 Å². The van der Waals surface area contributed by atoms with Gasteiger partial charge in [0, 0.05) is 0 Å². The van der Waals surface area contributed by atoms with Gasteiger partial charge in [-0.15, -0.1) is 13.2 Å². The Balaban J connectivity index is 2.16. The van der Waals surface area contributed by atoms with Gasteiger partial charge in [0.2, 0.25) is 0 Å². The lowest BCUT2D eigenvalue weighted by Crippen LogP contribution is -2.35.